The van der Waals surface area contributed by atoms with Crippen molar-refractivity contribution in [1.29, 1.82) is 0 Å². The lowest BCUT2D eigenvalue weighted by Crippen LogP contribution is -2.12. The van der Waals surface area contributed by atoms with Crippen molar-refractivity contribution < 1.29 is 9.47 Å². The van der Waals surface area contributed by atoms with E-state index in [4.69, 9.17) is 9.47 Å². The second kappa shape index (κ2) is 6.30. The Morgan fingerprint density at radius 3 is 2.29 bits per heavy atom. The summed E-state index contributed by atoms with van der Waals surface area (Å²) in [5, 5.41) is 0.878. The number of ether oxygens (including phenoxy) is 2. The molecule has 0 fully saturated rings. The molecule has 0 saturated heterocycles. The van der Waals surface area contributed by atoms with Gasteiger partial charge in [-0.2, -0.15) is 0 Å². The number of methoxy groups -OCH3 is 1. The SMILES string of the molecule is COc1ccc(OC[C@@H](Br)CBr)cc1. The summed E-state index contributed by atoms with van der Waals surface area (Å²) in [6.07, 6.45) is 0. The molecule has 0 unspecified atom stereocenters. The van der Waals surface area contributed by atoms with Gasteiger partial charge in [-0.05, 0) is 24.3 Å². The van der Waals surface area contributed by atoms with Gasteiger partial charge >= 0.3 is 0 Å². The van der Waals surface area contributed by atoms with Crippen LogP contribution in [0.25, 0.3) is 0 Å². The minimum Gasteiger partial charge on any atom is -0.497 e. The van der Waals surface area contributed by atoms with E-state index in [1.807, 2.05) is 24.3 Å². The van der Waals surface area contributed by atoms with Crippen molar-refractivity contribution in [3.63, 3.8) is 0 Å². The highest BCUT2D eigenvalue weighted by atomic mass is 79.9. The van der Waals surface area contributed by atoms with Crippen LogP contribution in [-0.2, 0) is 0 Å². The molecule has 1 atom stereocenters. The monoisotopic (exact) mass is 322 g/mol. The largest absolute Gasteiger partial charge is 0.497 e. The summed E-state index contributed by atoms with van der Waals surface area (Å²) >= 11 is 6.83. The van der Waals surface area contributed by atoms with Crippen molar-refractivity contribution >= 4 is 31.9 Å². The van der Waals surface area contributed by atoms with Crippen LogP contribution in [0.15, 0.2) is 24.3 Å². The quantitative estimate of drug-likeness (QED) is 0.774. The first-order valence-electron chi connectivity index (χ1n) is 4.23. The third-order valence-electron chi connectivity index (χ3n) is 1.66. The van der Waals surface area contributed by atoms with Crippen LogP contribution >= 0.6 is 31.9 Å². The van der Waals surface area contributed by atoms with E-state index in [-0.39, 0.29) is 0 Å². The third kappa shape index (κ3) is 3.88. The van der Waals surface area contributed by atoms with E-state index in [1.165, 1.54) is 0 Å². The minimum atomic E-state index is 0.338. The van der Waals surface area contributed by atoms with Gasteiger partial charge in [0.25, 0.3) is 0 Å². The molecule has 0 aliphatic heterocycles. The van der Waals surface area contributed by atoms with E-state index >= 15 is 0 Å². The van der Waals surface area contributed by atoms with Crippen molar-refractivity contribution in [2.24, 2.45) is 0 Å². The standard InChI is InChI=1S/C10H12Br2O2/c1-13-9-2-4-10(5-3-9)14-7-8(12)6-11/h2-5,8H,6-7H2,1H3/t8-/m0/s1. The normalized spacial score (nSPS) is 12.2. The molecule has 0 saturated carbocycles. The number of rotatable bonds is 5. The maximum Gasteiger partial charge on any atom is 0.119 e. The fraction of sp³-hybridized carbons (Fsp3) is 0.400. The zero-order chi connectivity index (χ0) is 10.4. The molecular weight excluding hydrogens is 312 g/mol. The van der Waals surface area contributed by atoms with Crippen molar-refractivity contribution in [3.05, 3.63) is 24.3 Å². The van der Waals surface area contributed by atoms with Gasteiger partial charge in [-0.1, -0.05) is 31.9 Å². The highest BCUT2D eigenvalue weighted by molar-refractivity contribution is 9.12. The molecule has 0 bridgehead atoms. The molecule has 0 heterocycles. The van der Waals surface area contributed by atoms with E-state index in [2.05, 4.69) is 31.9 Å². The number of hydrogen-bond donors (Lipinski definition) is 0. The summed E-state index contributed by atoms with van der Waals surface area (Å²) in [6, 6.07) is 7.55. The third-order valence-corrected chi connectivity index (χ3v) is 3.90. The van der Waals surface area contributed by atoms with Gasteiger partial charge in [0, 0.05) is 5.33 Å². The molecule has 1 aromatic rings. The van der Waals surface area contributed by atoms with Crippen molar-refractivity contribution in [2.45, 2.75) is 4.83 Å². The Hall–Kier alpha value is -0.220. The van der Waals surface area contributed by atoms with Crippen molar-refractivity contribution in [3.8, 4) is 11.5 Å². The van der Waals surface area contributed by atoms with Crippen LogP contribution in [0.1, 0.15) is 0 Å². The van der Waals surface area contributed by atoms with Gasteiger partial charge in [-0.3, -0.25) is 0 Å². The first-order chi connectivity index (χ1) is 6.76. The zero-order valence-electron chi connectivity index (χ0n) is 7.87. The second-order valence-electron chi connectivity index (χ2n) is 2.74. The highest BCUT2D eigenvalue weighted by Gasteiger charge is 2.02. The van der Waals surface area contributed by atoms with Crippen LogP contribution < -0.4 is 9.47 Å². The Bertz CT molecular complexity index is 261. The van der Waals surface area contributed by atoms with Crippen LogP contribution in [0.5, 0.6) is 11.5 Å². The number of halogens is 2. The first kappa shape index (κ1) is 11.9. The molecule has 0 aliphatic carbocycles. The molecule has 0 aromatic heterocycles. The molecule has 0 aliphatic rings. The van der Waals surface area contributed by atoms with Crippen LogP contribution in [0.4, 0.5) is 0 Å². The molecule has 0 N–H and O–H groups in total. The Morgan fingerprint density at radius 2 is 1.79 bits per heavy atom. The van der Waals surface area contributed by atoms with Gasteiger partial charge in [0.05, 0.1) is 11.9 Å². The van der Waals surface area contributed by atoms with E-state index in [9.17, 15) is 0 Å². The lowest BCUT2D eigenvalue weighted by atomic mass is 10.3. The fourth-order valence-electron chi connectivity index (χ4n) is 0.903. The minimum absolute atomic E-state index is 0.338. The lowest BCUT2D eigenvalue weighted by molar-refractivity contribution is 0.324. The molecule has 0 spiro atoms. The van der Waals surface area contributed by atoms with Crippen LogP contribution in [-0.4, -0.2) is 23.9 Å². The van der Waals surface area contributed by atoms with Gasteiger partial charge < -0.3 is 9.47 Å². The topological polar surface area (TPSA) is 18.5 Å². The fourth-order valence-corrected chi connectivity index (χ4v) is 1.22. The van der Waals surface area contributed by atoms with Gasteiger partial charge in [0.2, 0.25) is 0 Å². The average molecular weight is 324 g/mol. The molecular formula is C10H12Br2O2. The van der Waals surface area contributed by atoms with Crippen molar-refractivity contribution in [1.82, 2.24) is 0 Å². The molecule has 4 heteroatoms. The van der Waals surface area contributed by atoms with E-state index in [0.717, 1.165) is 16.8 Å². The smallest absolute Gasteiger partial charge is 0.119 e. The molecule has 1 aromatic carbocycles. The summed E-state index contributed by atoms with van der Waals surface area (Å²) in [5.74, 6) is 1.70. The predicted molar refractivity (Wildman–Crippen MR) is 65.0 cm³/mol. The Morgan fingerprint density at radius 1 is 1.21 bits per heavy atom. The van der Waals surface area contributed by atoms with E-state index in [1.54, 1.807) is 7.11 Å². The summed E-state index contributed by atoms with van der Waals surface area (Å²) < 4.78 is 10.6. The lowest BCUT2D eigenvalue weighted by Gasteiger charge is -2.09. The number of alkyl halides is 2. The molecule has 0 radical (unpaired) electrons. The Balaban J connectivity index is 2.43. The first-order valence-corrected chi connectivity index (χ1v) is 6.27. The van der Waals surface area contributed by atoms with Gasteiger partial charge in [0.1, 0.15) is 18.1 Å². The van der Waals surface area contributed by atoms with Gasteiger partial charge in [-0.15, -0.1) is 0 Å². The molecule has 78 valence electrons. The Labute approximate surface area is 101 Å². The maximum absolute atomic E-state index is 5.53. The highest BCUT2D eigenvalue weighted by Crippen LogP contribution is 2.17. The van der Waals surface area contributed by atoms with Gasteiger partial charge in [-0.25, -0.2) is 0 Å². The summed E-state index contributed by atoms with van der Waals surface area (Å²) in [7, 11) is 1.65. The number of hydrogen-bond acceptors (Lipinski definition) is 2. The Kier molecular flexibility index (Phi) is 5.33. The maximum atomic E-state index is 5.53. The van der Waals surface area contributed by atoms with Crippen molar-refractivity contribution in [2.75, 3.05) is 19.0 Å². The number of benzene rings is 1. The molecule has 0 amide bonds. The summed E-state index contributed by atoms with van der Waals surface area (Å²) in [5.41, 5.74) is 0. The van der Waals surface area contributed by atoms with E-state index in [0.29, 0.717) is 11.4 Å². The molecule has 1 rings (SSSR count). The molecule has 2 nitrogen and oxygen atoms in total. The summed E-state index contributed by atoms with van der Waals surface area (Å²) in [4.78, 5) is 0.338. The molecule has 14 heavy (non-hydrogen) atoms. The predicted octanol–water partition coefficient (Wildman–Crippen LogP) is 3.23. The van der Waals surface area contributed by atoms with Crippen LogP contribution in [0.3, 0.4) is 0 Å². The average Bonchev–Trinajstić information content (AvgIpc) is 2.26. The zero-order valence-corrected chi connectivity index (χ0v) is 11.0. The van der Waals surface area contributed by atoms with Crippen LogP contribution in [0, 0.1) is 0 Å². The summed E-state index contributed by atoms with van der Waals surface area (Å²) in [6.45, 7) is 0.650. The van der Waals surface area contributed by atoms with Gasteiger partial charge in [0.15, 0.2) is 0 Å². The second-order valence-corrected chi connectivity index (χ2v) is 4.68. The van der Waals surface area contributed by atoms with Crippen LogP contribution in [0.2, 0.25) is 0 Å². The van der Waals surface area contributed by atoms with E-state index < -0.39 is 0 Å².